The van der Waals surface area contributed by atoms with Crippen molar-refractivity contribution < 1.29 is 33.5 Å². The van der Waals surface area contributed by atoms with Crippen molar-refractivity contribution in [3.05, 3.63) is 53.1 Å². The molecular formula is C25H26N2O7. The molecule has 1 atom stereocenters. The van der Waals surface area contributed by atoms with Crippen molar-refractivity contribution in [1.29, 1.82) is 0 Å². The molecule has 1 aliphatic carbocycles. The number of carbonyl (C=O) groups is 4. The molecule has 2 aromatic carbocycles. The Kier molecular flexibility index (Phi) is 6.93. The molecule has 1 aliphatic heterocycles. The molecule has 0 bridgehead atoms. The summed E-state index contributed by atoms with van der Waals surface area (Å²) in [7, 11) is 0. The van der Waals surface area contributed by atoms with Gasteiger partial charge in [-0.05, 0) is 47.7 Å². The van der Waals surface area contributed by atoms with Gasteiger partial charge in [-0.15, -0.1) is 0 Å². The van der Waals surface area contributed by atoms with Crippen LogP contribution in [-0.2, 0) is 28.7 Å². The largest absolute Gasteiger partial charge is 0.533 e. The minimum Gasteiger partial charge on any atom is -0.432 e. The lowest BCUT2D eigenvalue weighted by Crippen LogP contribution is -2.32. The van der Waals surface area contributed by atoms with Gasteiger partial charge < -0.3 is 14.8 Å². The Labute approximate surface area is 196 Å². The summed E-state index contributed by atoms with van der Waals surface area (Å²) in [6.45, 7) is 4.36. The summed E-state index contributed by atoms with van der Waals surface area (Å²) >= 11 is 0. The number of nitrogens with zero attached hydrogens (tertiary/aromatic N) is 1. The van der Waals surface area contributed by atoms with Gasteiger partial charge in [-0.25, -0.2) is 4.79 Å². The first kappa shape index (κ1) is 23.4. The van der Waals surface area contributed by atoms with E-state index in [1.54, 1.807) is 0 Å². The third kappa shape index (κ3) is 4.94. The van der Waals surface area contributed by atoms with E-state index in [4.69, 9.17) is 14.3 Å². The van der Waals surface area contributed by atoms with E-state index in [2.05, 4.69) is 5.32 Å². The lowest BCUT2D eigenvalue weighted by molar-refractivity contribution is -0.177. The molecule has 2 aliphatic rings. The lowest BCUT2D eigenvalue weighted by atomic mass is 9.96. The first-order valence-electron chi connectivity index (χ1n) is 11.2. The van der Waals surface area contributed by atoms with Crippen LogP contribution in [0, 0.1) is 6.92 Å². The number of hydrogen-bond acceptors (Lipinski definition) is 7. The summed E-state index contributed by atoms with van der Waals surface area (Å²) in [5.74, 6) is -1.71. The van der Waals surface area contributed by atoms with Crippen LogP contribution in [-0.4, -0.2) is 48.8 Å². The number of ether oxygens (including phenoxy) is 2. The molecule has 1 heterocycles. The highest BCUT2D eigenvalue weighted by Crippen LogP contribution is 2.46. The van der Waals surface area contributed by atoms with Gasteiger partial charge in [0.1, 0.15) is 13.2 Å². The van der Waals surface area contributed by atoms with E-state index in [1.165, 1.54) is 0 Å². The molecule has 0 aromatic heterocycles. The van der Waals surface area contributed by atoms with Gasteiger partial charge in [0, 0.05) is 31.1 Å². The minimum absolute atomic E-state index is 0.00669. The van der Waals surface area contributed by atoms with Gasteiger partial charge in [-0.3, -0.25) is 19.2 Å². The summed E-state index contributed by atoms with van der Waals surface area (Å²) in [5.41, 5.74) is 5.50. The van der Waals surface area contributed by atoms with Gasteiger partial charge >= 0.3 is 6.16 Å². The quantitative estimate of drug-likeness (QED) is 0.359. The standard InChI is InChI=1S/C25H26N2O7/c1-3-10-32-14-22(28)26-16-5-7-18-17-6-4-15(2)11-19(17)21(20(18)12-16)13-33-25(31)34-27-23(29)8-9-24(27)30/h4-7,11-12,21H,3,8-10,13-14H2,1-2H3,(H,26,28). The summed E-state index contributed by atoms with van der Waals surface area (Å²) in [6, 6.07) is 11.6. The number of benzene rings is 2. The van der Waals surface area contributed by atoms with Gasteiger partial charge in [-0.1, -0.05) is 41.8 Å². The Morgan fingerprint density at radius 3 is 2.41 bits per heavy atom. The van der Waals surface area contributed by atoms with Gasteiger partial charge in [0.05, 0.1) is 0 Å². The summed E-state index contributed by atoms with van der Waals surface area (Å²) < 4.78 is 10.6. The van der Waals surface area contributed by atoms with Crippen LogP contribution >= 0.6 is 0 Å². The van der Waals surface area contributed by atoms with Crippen LogP contribution < -0.4 is 5.32 Å². The Bertz CT molecular complexity index is 1130. The predicted molar refractivity (Wildman–Crippen MR) is 122 cm³/mol. The van der Waals surface area contributed by atoms with Crippen molar-refractivity contribution in [2.75, 3.05) is 25.1 Å². The van der Waals surface area contributed by atoms with Crippen molar-refractivity contribution in [2.45, 2.75) is 39.0 Å². The third-order valence-corrected chi connectivity index (χ3v) is 5.70. The van der Waals surface area contributed by atoms with Gasteiger partial charge in [-0.2, -0.15) is 0 Å². The van der Waals surface area contributed by atoms with Crippen LogP contribution in [0.5, 0.6) is 0 Å². The van der Waals surface area contributed by atoms with Crippen molar-refractivity contribution in [1.82, 2.24) is 5.06 Å². The van der Waals surface area contributed by atoms with E-state index in [-0.39, 0.29) is 37.9 Å². The number of hydroxylamine groups is 2. The van der Waals surface area contributed by atoms with E-state index in [0.717, 1.165) is 34.2 Å². The predicted octanol–water partition coefficient (Wildman–Crippen LogP) is 3.69. The summed E-state index contributed by atoms with van der Waals surface area (Å²) in [6.07, 6.45) is -0.281. The SMILES string of the molecule is CCCOCC(=O)Nc1ccc2c(c1)C(COC(=O)ON1C(=O)CCC1=O)c1cc(C)ccc1-2. The van der Waals surface area contributed by atoms with Crippen molar-refractivity contribution in [3.63, 3.8) is 0 Å². The number of nitrogens with one attached hydrogen (secondary N) is 1. The number of carbonyl (C=O) groups excluding carboxylic acids is 4. The summed E-state index contributed by atoms with van der Waals surface area (Å²) in [5, 5.41) is 3.29. The van der Waals surface area contributed by atoms with E-state index in [9.17, 15) is 19.2 Å². The molecule has 1 N–H and O–H groups in total. The fourth-order valence-corrected chi connectivity index (χ4v) is 4.15. The first-order chi connectivity index (χ1) is 16.4. The van der Waals surface area contributed by atoms with Crippen LogP contribution in [0.2, 0.25) is 0 Å². The molecule has 0 saturated carbocycles. The van der Waals surface area contributed by atoms with Crippen LogP contribution in [0.15, 0.2) is 36.4 Å². The topological polar surface area (TPSA) is 111 Å². The Morgan fingerprint density at radius 2 is 1.71 bits per heavy atom. The van der Waals surface area contributed by atoms with E-state index < -0.39 is 18.0 Å². The number of fused-ring (bicyclic) bond motifs is 3. The second kappa shape index (κ2) is 10.0. The zero-order valence-electron chi connectivity index (χ0n) is 19.1. The molecule has 0 spiro atoms. The molecule has 9 nitrogen and oxygen atoms in total. The van der Waals surface area contributed by atoms with Gasteiger partial charge in [0.25, 0.3) is 11.8 Å². The zero-order valence-corrected chi connectivity index (χ0v) is 19.1. The number of imide groups is 1. The molecular weight excluding hydrogens is 440 g/mol. The van der Waals surface area contributed by atoms with Crippen LogP contribution in [0.3, 0.4) is 0 Å². The first-order valence-corrected chi connectivity index (χ1v) is 11.2. The highest BCUT2D eigenvalue weighted by atomic mass is 16.8. The normalized spacial score (nSPS) is 16.3. The molecule has 3 amide bonds. The molecule has 1 unspecified atom stereocenters. The van der Waals surface area contributed by atoms with Crippen molar-refractivity contribution in [2.24, 2.45) is 0 Å². The number of aryl methyl sites for hydroxylation is 1. The van der Waals surface area contributed by atoms with Gasteiger partial charge in [0.2, 0.25) is 5.91 Å². The molecule has 4 rings (SSSR count). The number of rotatable bonds is 8. The smallest absolute Gasteiger partial charge is 0.432 e. The van der Waals surface area contributed by atoms with Crippen LogP contribution in [0.4, 0.5) is 10.5 Å². The number of hydrogen-bond donors (Lipinski definition) is 1. The fraction of sp³-hybridized carbons (Fsp3) is 0.360. The maximum absolute atomic E-state index is 12.2. The Balaban J connectivity index is 1.51. The monoisotopic (exact) mass is 466 g/mol. The summed E-state index contributed by atoms with van der Waals surface area (Å²) in [4.78, 5) is 52.6. The number of amides is 3. The molecule has 34 heavy (non-hydrogen) atoms. The second-order valence-electron chi connectivity index (χ2n) is 8.28. The molecule has 0 radical (unpaired) electrons. The third-order valence-electron chi connectivity index (χ3n) is 5.70. The maximum Gasteiger partial charge on any atom is 0.533 e. The molecule has 1 fully saturated rings. The molecule has 178 valence electrons. The van der Waals surface area contributed by atoms with E-state index >= 15 is 0 Å². The van der Waals surface area contributed by atoms with Crippen molar-refractivity contribution >= 4 is 29.6 Å². The lowest BCUT2D eigenvalue weighted by Gasteiger charge is -2.17. The highest BCUT2D eigenvalue weighted by molar-refractivity contribution is 6.01. The average molecular weight is 466 g/mol. The van der Waals surface area contributed by atoms with Crippen LogP contribution in [0.25, 0.3) is 11.1 Å². The highest BCUT2D eigenvalue weighted by Gasteiger charge is 2.35. The van der Waals surface area contributed by atoms with Gasteiger partial charge in [0.15, 0.2) is 0 Å². The number of anilines is 1. The van der Waals surface area contributed by atoms with Crippen molar-refractivity contribution in [3.8, 4) is 11.1 Å². The second-order valence-corrected chi connectivity index (χ2v) is 8.28. The maximum atomic E-state index is 12.2. The Morgan fingerprint density at radius 1 is 1.03 bits per heavy atom. The average Bonchev–Trinajstić information content (AvgIpc) is 3.28. The fourth-order valence-electron chi connectivity index (χ4n) is 4.15. The molecule has 2 aromatic rings. The molecule has 1 saturated heterocycles. The van der Waals surface area contributed by atoms with Crippen LogP contribution in [0.1, 0.15) is 48.8 Å². The molecule has 9 heteroatoms. The van der Waals surface area contributed by atoms with E-state index in [1.807, 2.05) is 50.2 Å². The zero-order chi connectivity index (χ0) is 24.2. The minimum atomic E-state index is -1.12. The Hall–Kier alpha value is -3.72. The van der Waals surface area contributed by atoms with E-state index in [0.29, 0.717) is 17.4 Å².